The van der Waals surface area contributed by atoms with Crippen LogP contribution in [0.1, 0.15) is 5.56 Å². The summed E-state index contributed by atoms with van der Waals surface area (Å²) < 4.78 is 11.5. The van der Waals surface area contributed by atoms with Gasteiger partial charge in [-0.05, 0) is 55.0 Å². The smallest absolute Gasteiger partial charge is 0.332 e. The van der Waals surface area contributed by atoms with E-state index in [1.54, 1.807) is 36.4 Å². The molecule has 0 radical (unpaired) electrons. The Morgan fingerprint density at radius 1 is 1.00 bits per heavy atom. The van der Waals surface area contributed by atoms with Crippen LogP contribution in [-0.4, -0.2) is 47.1 Å². The van der Waals surface area contributed by atoms with Crippen LogP contribution >= 0.6 is 0 Å². The maximum absolute atomic E-state index is 12.7. The highest BCUT2D eigenvalue weighted by molar-refractivity contribution is 6.07. The fourth-order valence-corrected chi connectivity index (χ4v) is 3.95. The first-order valence-corrected chi connectivity index (χ1v) is 11.1. The minimum Gasteiger partial charge on any atom is -0.496 e. The molecule has 0 aliphatic carbocycles. The number of aromatic nitrogens is 2. The molecule has 0 saturated carbocycles. The number of benzene rings is 2. The minimum atomic E-state index is -0.530. The number of carbonyl (C=O) groups excluding carboxylic acids is 2. The van der Waals surface area contributed by atoms with Crippen molar-refractivity contribution >= 4 is 34.5 Å². The molecule has 9 heteroatoms. The van der Waals surface area contributed by atoms with Crippen LogP contribution in [0.3, 0.4) is 0 Å². The monoisotopic (exact) mass is 469 g/mol. The molecule has 1 fully saturated rings. The fourth-order valence-electron chi connectivity index (χ4n) is 3.95. The van der Waals surface area contributed by atoms with Crippen molar-refractivity contribution in [2.75, 3.05) is 30.4 Å². The molecule has 35 heavy (non-hydrogen) atoms. The summed E-state index contributed by atoms with van der Waals surface area (Å²) in [7, 11) is 1.62. The van der Waals surface area contributed by atoms with Crippen molar-refractivity contribution in [2.45, 2.75) is 6.92 Å². The summed E-state index contributed by atoms with van der Waals surface area (Å²) in [5.41, 5.74) is 2.52. The van der Waals surface area contributed by atoms with Crippen molar-refractivity contribution in [3.05, 3.63) is 78.6 Å². The van der Waals surface area contributed by atoms with Crippen molar-refractivity contribution in [2.24, 2.45) is 0 Å². The van der Waals surface area contributed by atoms with Crippen molar-refractivity contribution in [3.63, 3.8) is 0 Å². The zero-order chi connectivity index (χ0) is 24.4. The first kappa shape index (κ1) is 22.1. The zero-order valence-electron chi connectivity index (χ0n) is 19.3. The first-order chi connectivity index (χ1) is 17.0. The van der Waals surface area contributed by atoms with Gasteiger partial charge in [0.1, 0.15) is 23.1 Å². The number of pyridine rings is 2. The SMILES string of the molecule is COc1cc2c(Oc3ccc(NC(=O)N4CCN(c5ccccc5)C4=O)nc3)ccnc2cc1C. The molecule has 4 aromatic rings. The molecule has 9 nitrogen and oxygen atoms in total. The average Bonchev–Trinajstić information content (AvgIpc) is 3.27. The maximum atomic E-state index is 12.7. The number of methoxy groups -OCH3 is 1. The number of anilines is 2. The van der Waals surface area contributed by atoms with E-state index >= 15 is 0 Å². The molecule has 0 spiro atoms. The summed E-state index contributed by atoms with van der Waals surface area (Å²) in [6.45, 7) is 2.68. The Kier molecular flexibility index (Phi) is 5.88. The third-order valence-corrected chi connectivity index (χ3v) is 5.74. The van der Waals surface area contributed by atoms with Gasteiger partial charge in [0.15, 0.2) is 0 Å². The standard InChI is InChI=1S/C26H23N5O4/c1-17-14-21-20(15-23(17)34-2)22(10-11-27-21)35-19-8-9-24(28-16-19)29-25(32)31-13-12-30(26(31)33)18-6-4-3-5-7-18/h3-11,14-16H,12-13H2,1-2H3,(H,28,29,32). The molecule has 1 aliphatic heterocycles. The van der Waals surface area contributed by atoms with Crippen LogP contribution in [0.5, 0.6) is 17.2 Å². The maximum Gasteiger partial charge on any atom is 0.332 e. The molecule has 2 aromatic heterocycles. The molecular formula is C26H23N5O4. The third-order valence-electron chi connectivity index (χ3n) is 5.74. The number of carbonyl (C=O) groups is 2. The third kappa shape index (κ3) is 4.43. The van der Waals surface area contributed by atoms with E-state index < -0.39 is 6.03 Å². The predicted molar refractivity (Wildman–Crippen MR) is 132 cm³/mol. The Hall–Kier alpha value is -4.66. The summed E-state index contributed by atoms with van der Waals surface area (Å²) in [5, 5.41) is 3.48. The van der Waals surface area contributed by atoms with E-state index in [0.29, 0.717) is 30.4 Å². The molecule has 1 N–H and O–H groups in total. The lowest BCUT2D eigenvalue weighted by Crippen LogP contribution is -2.39. The van der Waals surface area contributed by atoms with E-state index in [1.807, 2.05) is 49.4 Å². The quantitative estimate of drug-likeness (QED) is 0.431. The van der Waals surface area contributed by atoms with E-state index in [9.17, 15) is 9.59 Å². The number of nitrogens with zero attached hydrogens (tertiary/aromatic N) is 4. The lowest BCUT2D eigenvalue weighted by molar-refractivity contribution is 0.209. The first-order valence-electron chi connectivity index (χ1n) is 11.1. The van der Waals surface area contributed by atoms with Gasteiger partial charge >= 0.3 is 12.1 Å². The molecule has 1 aliphatic rings. The Morgan fingerprint density at radius 2 is 1.83 bits per heavy atom. The number of hydrogen-bond acceptors (Lipinski definition) is 6. The van der Waals surface area contributed by atoms with Crippen LogP contribution in [-0.2, 0) is 0 Å². The molecule has 176 valence electrons. The number of imide groups is 1. The van der Waals surface area contributed by atoms with E-state index in [4.69, 9.17) is 9.47 Å². The highest BCUT2D eigenvalue weighted by Gasteiger charge is 2.34. The van der Waals surface area contributed by atoms with Crippen LogP contribution in [0.25, 0.3) is 10.9 Å². The number of hydrogen-bond donors (Lipinski definition) is 1. The Morgan fingerprint density at radius 3 is 2.57 bits per heavy atom. The molecular weight excluding hydrogens is 446 g/mol. The number of nitrogens with one attached hydrogen (secondary N) is 1. The molecule has 0 bridgehead atoms. The lowest BCUT2D eigenvalue weighted by atomic mass is 10.1. The van der Waals surface area contributed by atoms with Gasteiger partial charge in [-0.1, -0.05) is 18.2 Å². The zero-order valence-corrected chi connectivity index (χ0v) is 19.3. The average molecular weight is 470 g/mol. The van der Waals surface area contributed by atoms with Gasteiger partial charge in [0.05, 0.1) is 25.4 Å². The number of para-hydroxylation sites is 1. The van der Waals surface area contributed by atoms with Crippen LogP contribution in [0.4, 0.5) is 21.1 Å². The summed E-state index contributed by atoms with van der Waals surface area (Å²) in [5.74, 6) is 2.15. The van der Waals surface area contributed by atoms with Crippen LogP contribution in [0.15, 0.2) is 73.1 Å². The molecule has 1 saturated heterocycles. The number of ether oxygens (including phenoxy) is 2. The Balaban J connectivity index is 1.27. The Bertz CT molecular complexity index is 1390. The lowest BCUT2D eigenvalue weighted by Gasteiger charge is -2.17. The van der Waals surface area contributed by atoms with Crippen LogP contribution in [0, 0.1) is 6.92 Å². The van der Waals surface area contributed by atoms with E-state index in [-0.39, 0.29) is 6.03 Å². The molecule has 4 amide bonds. The number of urea groups is 2. The van der Waals surface area contributed by atoms with Crippen molar-refractivity contribution < 1.29 is 19.1 Å². The van der Waals surface area contributed by atoms with Gasteiger partial charge in [0, 0.05) is 23.8 Å². The fraction of sp³-hybridized carbons (Fsp3) is 0.154. The molecule has 5 rings (SSSR count). The summed E-state index contributed by atoms with van der Waals surface area (Å²) >= 11 is 0. The largest absolute Gasteiger partial charge is 0.496 e. The highest BCUT2D eigenvalue weighted by Crippen LogP contribution is 2.33. The molecule has 2 aromatic carbocycles. The second-order valence-electron chi connectivity index (χ2n) is 7.98. The van der Waals surface area contributed by atoms with Gasteiger partial charge in [0.25, 0.3) is 0 Å². The number of aryl methyl sites for hydroxylation is 1. The number of fused-ring (bicyclic) bond motifs is 1. The van der Waals surface area contributed by atoms with Crippen LogP contribution in [0.2, 0.25) is 0 Å². The van der Waals surface area contributed by atoms with E-state index in [0.717, 1.165) is 32.8 Å². The Labute approximate surface area is 201 Å². The second kappa shape index (κ2) is 9.30. The van der Waals surface area contributed by atoms with E-state index in [1.165, 1.54) is 6.20 Å². The highest BCUT2D eigenvalue weighted by atomic mass is 16.5. The van der Waals surface area contributed by atoms with Gasteiger partial charge < -0.3 is 9.47 Å². The molecule has 3 heterocycles. The topological polar surface area (TPSA) is 96.9 Å². The van der Waals surface area contributed by atoms with Crippen molar-refractivity contribution in [3.8, 4) is 17.2 Å². The van der Waals surface area contributed by atoms with Gasteiger partial charge in [-0.15, -0.1) is 0 Å². The normalized spacial score (nSPS) is 13.3. The minimum absolute atomic E-state index is 0.290. The molecule has 0 unspecified atom stereocenters. The van der Waals surface area contributed by atoms with Crippen molar-refractivity contribution in [1.29, 1.82) is 0 Å². The molecule has 0 atom stereocenters. The van der Waals surface area contributed by atoms with Gasteiger partial charge in [-0.25, -0.2) is 19.5 Å². The van der Waals surface area contributed by atoms with E-state index in [2.05, 4.69) is 15.3 Å². The number of rotatable bonds is 5. The predicted octanol–water partition coefficient (Wildman–Crippen LogP) is 5.21. The van der Waals surface area contributed by atoms with Crippen molar-refractivity contribution in [1.82, 2.24) is 14.9 Å². The van der Waals surface area contributed by atoms with Gasteiger partial charge in [0.2, 0.25) is 0 Å². The van der Waals surface area contributed by atoms with Gasteiger partial charge in [-0.3, -0.25) is 15.2 Å². The number of amides is 4. The second-order valence-corrected chi connectivity index (χ2v) is 7.98. The summed E-state index contributed by atoms with van der Waals surface area (Å²) in [6, 6.07) is 17.3. The summed E-state index contributed by atoms with van der Waals surface area (Å²) in [6.07, 6.45) is 3.19. The van der Waals surface area contributed by atoms with Gasteiger partial charge in [-0.2, -0.15) is 0 Å². The summed E-state index contributed by atoms with van der Waals surface area (Å²) in [4.78, 5) is 36.8. The van der Waals surface area contributed by atoms with Crippen LogP contribution < -0.4 is 19.7 Å².